The number of nitrogens with zero attached hydrogens (tertiary/aromatic N) is 1. The van der Waals surface area contributed by atoms with Gasteiger partial charge in [-0.2, -0.15) is 0 Å². The van der Waals surface area contributed by atoms with Crippen molar-refractivity contribution in [3.63, 3.8) is 0 Å². The Labute approximate surface area is 120 Å². The second-order valence-electron chi connectivity index (χ2n) is 4.40. The smallest absolute Gasteiger partial charge is 0.191 e. The summed E-state index contributed by atoms with van der Waals surface area (Å²) in [6.45, 7) is 5.84. The highest BCUT2D eigenvalue weighted by Crippen LogP contribution is 2.18. The van der Waals surface area contributed by atoms with E-state index in [1.54, 1.807) is 13.1 Å². The van der Waals surface area contributed by atoms with Crippen LogP contribution in [0.4, 0.5) is 4.39 Å². The zero-order chi connectivity index (χ0) is 14.8. The maximum absolute atomic E-state index is 13.7. The standard InChI is InChI=1S/C15H24FN3O/c1-4-6-9-18-15(17-3)19-11-12-7-8-14(20-5-2)13(16)10-12/h7-8,10H,4-6,9,11H2,1-3H3,(H2,17,18,19). The van der Waals surface area contributed by atoms with Crippen LogP contribution >= 0.6 is 0 Å². The van der Waals surface area contributed by atoms with Crippen LogP contribution in [0.1, 0.15) is 32.3 Å². The molecular weight excluding hydrogens is 257 g/mol. The monoisotopic (exact) mass is 281 g/mol. The highest BCUT2D eigenvalue weighted by molar-refractivity contribution is 5.79. The molecule has 0 bridgehead atoms. The molecule has 112 valence electrons. The summed E-state index contributed by atoms with van der Waals surface area (Å²) in [5.74, 6) is 0.689. The van der Waals surface area contributed by atoms with Gasteiger partial charge in [-0.05, 0) is 31.0 Å². The molecule has 0 saturated carbocycles. The topological polar surface area (TPSA) is 45.7 Å². The minimum atomic E-state index is -0.333. The van der Waals surface area contributed by atoms with Crippen molar-refractivity contribution in [1.29, 1.82) is 0 Å². The van der Waals surface area contributed by atoms with Crippen LogP contribution in [0.3, 0.4) is 0 Å². The molecule has 0 saturated heterocycles. The first-order valence-corrected chi connectivity index (χ1v) is 7.07. The first-order chi connectivity index (χ1) is 9.71. The highest BCUT2D eigenvalue weighted by atomic mass is 19.1. The van der Waals surface area contributed by atoms with Crippen LogP contribution in [0.5, 0.6) is 5.75 Å². The van der Waals surface area contributed by atoms with Gasteiger partial charge in [-0.1, -0.05) is 19.4 Å². The molecule has 0 unspecified atom stereocenters. The van der Waals surface area contributed by atoms with Gasteiger partial charge in [-0.15, -0.1) is 0 Å². The van der Waals surface area contributed by atoms with E-state index in [-0.39, 0.29) is 5.82 Å². The number of halogens is 1. The van der Waals surface area contributed by atoms with E-state index in [0.29, 0.717) is 18.9 Å². The Hall–Kier alpha value is -1.78. The maximum atomic E-state index is 13.7. The Kier molecular flexibility index (Phi) is 7.47. The Balaban J connectivity index is 2.50. The van der Waals surface area contributed by atoms with Crippen LogP contribution in [0.25, 0.3) is 0 Å². The number of hydrogen-bond donors (Lipinski definition) is 2. The van der Waals surface area contributed by atoms with Gasteiger partial charge >= 0.3 is 0 Å². The number of ether oxygens (including phenoxy) is 1. The molecule has 0 aliphatic carbocycles. The van der Waals surface area contributed by atoms with Gasteiger partial charge in [0.05, 0.1) is 6.61 Å². The molecule has 0 aliphatic heterocycles. The average Bonchev–Trinajstić information content (AvgIpc) is 2.45. The fourth-order valence-corrected chi connectivity index (χ4v) is 1.72. The lowest BCUT2D eigenvalue weighted by Gasteiger charge is -2.12. The van der Waals surface area contributed by atoms with Crippen LogP contribution < -0.4 is 15.4 Å². The van der Waals surface area contributed by atoms with E-state index in [2.05, 4.69) is 22.5 Å². The van der Waals surface area contributed by atoms with Crippen molar-refractivity contribution < 1.29 is 9.13 Å². The highest BCUT2D eigenvalue weighted by Gasteiger charge is 2.04. The number of aliphatic imine (C=N–C) groups is 1. The summed E-state index contributed by atoms with van der Waals surface area (Å²) in [5.41, 5.74) is 0.851. The van der Waals surface area contributed by atoms with E-state index in [1.165, 1.54) is 6.07 Å². The molecule has 20 heavy (non-hydrogen) atoms. The van der Waals surface area contributed by atoms with Crippen molar-refractivity contribution in [3.8, 4) is 5.75 Å². The first-order valence-electron chi connectivity index (χ1n) is 7.07. The zero-order valence-corrected chi connectivity index (χ0v) is 12.5. The first kappa shape index (κ1) is 16.3. The summed E-state index contributed by atoms with van der Waals surface area (Å²) in [6.07, 6.45) is 2.23. The normalized spacial score (nSPS) is 11.3. The van der Waals surface area contributed by atoms with E-state index in [0.717, 1.165) is 30.9 Å². The third kappa shape index (κ3) is 5.47. The van der Waals surface area contributed by atoms with E-state index in [4.69, 9.17) is 4.74 Å². The summed E-state index contributed by atoms with van der Waals surface area (Å²) in [4.78, 5) is 4.12. The van der Waals surface area contributed by atoms with E-state index in [9.17, 15) is 4.39 Å². The Bertz CT molecular complexity index is 435. The Morgan fingerprint density at radius 2 is 2.10 bits per heavy atom. The second kappa shape index (κ2) is 9.18. The lowest BCUT2D eigenvalue weighted by atomic mass is 10.2. The third-order valence-electron chi connectivity index (χ3n) is 2.80. The van der Waals surface area contributed by atoms with Crippen molar-refractivity contribution >= 4 is 5.96 Å². The molecule has 0 atom stereocenters. The molecule has 1 aromatic rings. The average molecular weight is 281 g/mol. The van der Waals surface area contributed by atoms with Crippen LogP contribution in [0.2, 0.25) is 0 Å². The molecule has 4 nitrogen and oxygen atoms in total. The SMILES string of the molecule is CCCCNC(=NC)NCc1ccc(OCC)c(F)c1. The predicted molar refractivity (Wildman–Crippen MR) is 80.7 cm³/mol. The fraction of sp³-hybridized carbons (Fsp3) is 0.533. The molecule has 1 aromatic carbocycles. The molecule has 1 rings (SSSR count). The molecule has 5 heteroatoms. The lowest BCUT2D eigenvalue weighted by Crippen LogP contribution is -2.37. The van der Waals surface area contributed by atoms with Crippen molar-refractivity contribution in [1.82, 2.24) is 10.6 Å². The molecule has 0 aliphatic rings. The number of guanidine groups is 1. The summed E-state index contributed by atoms with van der Waals surface area (Å²) in [5, 5.41) is 6.36. The molecule has 0 heterocycles. The van der Waals surface area contributed by atoms with Crippen LogP contribution in [-0.4, -0.2) is 26.2 Å². The summed E-state index contributed by atoms with van der Waals surface area (Å²) >= 11 is 0. The van der Waals surface area contributed by atoms with Gasteiger partial charge in [-0.25, -0.2) is 4.39 Å². The molecule has 0 radical (unpaired) electrons. The van der Waals surface area contributed by atoms with Crippen LogP contribution in [0, 0.1) is 5.82 Å². The van der Waals surface area contributed by atoms with Crippen molar-refractivity contribution in [2.75, 3.05) is 20.2 Å². The van der Waals surface area contributed by atoms with Crippen molar-refractivity contribution in [3.05, 3.63) is 29.6 Å². The van der Waals surface area contributed by atoms with Gasteiger partial charge in [0.25, 0.3) is 0 Å². The molecule has 2 N–H and O–H groups in total. The number of hydrogen-bond acceptors (Lipinski definition) is 2. The van der Waals surface area contributed by atoms with Gasteiger partial charge in [0, 0.05) is 20.1 Å². The van der Waals surface area contributed by atoms with Gasteiger partial charge in [0.2, 0.25) is 0 Å². The molecule has 0 aromatic heterocycles. The second-order valence-corrected chi connectivity index (χ2v) is 4.40. The van der Waals surface area contributed by atoms with Crippen molar-refractivity contribution in [2.24, 2.45) is 4.99 Å². The van der Waals surface area contributed by atoms with Crippen LogP contribution in [0.15, 0.2) is 23.2 Å². The number of unbranched alkanes of at least 4 members (excludes halogenated alkanes) is 1. The maximum Gasteiger partial charge on any atom is 0.191 e. The van der Waals surface area contributed by atoms with E-state index >= 15 is 0 Å². The lowest BCUT2D eigenvalue weighted by molar-refractivity contribution is 0.321. The summed E-state index contributed by atoms with van der Waals surface area (Å²) < 4.78 is 18.9. The Morgan fingerprint density at radius 1 is 1.30 bits per heavy atom. The Morgan fingerprint density at radius 3 is 2.70 bits per heavy atom. The van der Waals surface area contributed by atoms with Crippen LogP contribution in [-0.2, 0) is 6.54 Å². The molecule has 0 spiro atoms. The molecular formula is C15H24FN3O. The molecule has 0 amide bonds. The summed E-state index contributed by atoms with van der Waals surface area (Å²) in [7, 11) is 1.72. The minimum Gasteiger partial charge on any atom is -0.491 e. The van der Waals surface area contributed by atoms with Gasteiger partial charge < -0.3 is 15.4 Å². The van der Waals surface area contributed by atoms with Gasteiger partial charge in [-0.3, -0.25) is 4.99 Å². The fourth-order valence-electron chi connectivity index (χ4n) is 1.72. The van der Waals surface area contributed by atoms with Crippen molar-refractivity contribution in [2.45, 2.75) is 33.2 Å². The molecule has 0 fully saturated rings. The minimum absolute atomic E-state index is 0.293. The number of benzene rings is 1. The number of nitrogens with one attached hydrogen (secondary N) is 2. The quantitative estimate of drug-likeness (QED) is 0.459. The summed E-state index contributed by atoms with van der Waals surface area (Å²) in [6, 6.07) is 4.99. The number of rotatable bonds is 7. The van der Waals surface area contributed by atoms with E-state index in [1.807, 2.05) is 13.0 Å². The predicted octanol–water partition coefficient (Wildman–Crippen LogP) is 2.69. The van der Waals surface area contributed by atoms with Gasteiger partial charge in [0.15, 0.2) is 17.5 Å². The largest absolute Gasteiger partial charge is 0.491 e. The van der Waals surface area contributed by atoms with Gasteiger partial charge in [0.1, 0.15) is 0 Å². The van der Waals surface area contributed by atoms with E-state index < -0.39 is 0 Å². The third-order valence-corrected chi connectivity index (χ3v) is 2.80. The zero-order valence-electron chi connectivity index (χ0n) is 12.5.